The molecule has 0 saturated heterocycles. The highest BCUT2D eigenvalue weighted by Gasteiger charge is 2.64. The van der Waals surface area contributed by atoms with Gasteiger partial charge >= 0.3 is 12.1 Å². The molecular formula is C26H26ClF3O2. The molecule has 0 radical (unpaired) electrons. The second-order valence-electron chi connectivity index (χ2n) is 9.33. The van der Waals surface area contributed by atoms with Crippen LogP contribution in [-0.4, -0.2) is 12.1 Å². The second-order valence-corrected chi connectivity index (χ2v) is 9.71. The van der Waals surface area contributed by atoms with Gasteiger partial charge in [-0.25, -0.2) is 0 Å². The van der Waals surface area contributed by atoms with E-state index in [4.69, 9.17) is 16.3 Å². The van der Waals surface area contributed by atoms with Gasteiger partial charge in [0, 0.05) is 5.92 Å². The Balaban J connectivity index is 1.53. The first-order chi connectivity index (χ1) is 15.0. The van der Waals surface area contributed by atoms with E-state index < -0.39 is 34.4 Å². The van der Waals surface area contributed by atoms with Crippen molar-refractivity contribution in [3.8, 4) is 11.1 Å². The Morgan fingerprint density at radius 2 is 1.75 bits per heavy atom. The number of allylic oxidation sites excluding steroid dienone is 2. The number of hydrogen-bond donors (Lipinski definition) is 0. The molecule has 1 fully saturated rings. The molecule has 2 aliphatic carbocycles. The van der Waals surface area contributed by atoms with E-state index in [1.54, 1.807) is 13.8 Å². The largest absolute Gasteiger partial charge is 0.461 e. The Morgan fingerprint density at radius 3 is 2.47 bits per heavy atom. The fraction of sp³-hybridized carbons (Fsp3) is 0.423. The number of halogens is 4. The molecule has 170 valence electrons. The van der Waals surface area contributed by atoms with Crippen molar-refractivity contribution >= 4 is 17.6 Å². The first-order valence-electron chi connectivity index (χ1n) is 10.8. The van der Waals surface area contributed by atoms with Crippen molar-refractivity contribution in [1.82, 2.24) is 0 Å². The summed E-state index contributed by atoms with van der Waals surface area (Å²) in [5.74, 6) is -1.69. The van der Waals surface area contributed by atoms with E-state index >= 15 is 0 Å². The van der Waals surface area contributed by atoms with Crippen molar-refractivity contribution in [2.45, 2.75) is 52.8 Å². The molecule has 32 heavy (non-hydrogen) atoms. The minimum Gasteiger partial charge on any atom is -0.461 e. The number of benzene rings is 2. The van der Waals surface area contributed by atoms with E-state index in [0.29, 0.717) is 0 Å². The highest BCUT2D eigenvalue weighted by atomic mass is 35.5. The van der Waals surface area contributed by atoms with Crippen LogP contribution in [0.25, 0.3) is 11.1 Å². The zero-order valence-corrected chi connectivity index (χ0v) is 19.1. The molecule has 2 aliphatic rings. The van der Waals surface area contributed by atoms with E-state index in [1.807, 2.05) is 24.3 Å². The summed E-state index contributed by atoms with van der Waals surface area (Å²) in [4.78, 5) is 12.8. The molecule has 0 spiro atoms. The standard InChI is InChI=1S/C26H26ClF3O2/c1-15(23(27)26(28,29)30)21-22(25(21,2)3)24(31)32-14-17-10-7-13-20-18-11-5-4-8-16(18)9-6-12-19(17)20/h4-5,7-8,10-11,13,21-22H,6,9,12,14H2,1-3H3/t21-,22-/m1/s1. The number of rotatable bonds is 4. The summed E-state index contributed by atoms with van der Waals surface area (Å²) in [5, 5.41) is -1.14. The van der Waals surface area contributed by atoms with Crippen LogP contribution in [0.1, 0.15) is 43.9 Å². The average molecular weight is 463 g/mol. The molecule has 1 saturated carbocycles. The van der Waals surface area contributed by atoms with Gasteiger partial charge < -0.3 is 4.74 Å². The van der Waals surface area contributed by atoms with E-state index in [1.165, 1.54) is 23.6 Å². The average Bonchev–Trinajstić information content (AvgIpc) is 3.38. The van der Waals surface area contributed by atoms with Gasteiger partial charge in [0.05, 0.1) is 5.92 Å². The number of carbonyl (C=O) groups is 1. The van der Waals surface area contributed by atoms with Crippen LogP contribution in [0.15, 0.2) is 53.1 Å². The minimum atomic E-state index is -4.61. The zero-order chi connectivity index (χ0) is 23.3. The van der Waals surface area contributed by atoms with Gasteiger partial charge in [0.25, 0.3) is 0 Å². The highest BCUT2D eigenvalue weighted by Crippen LogP contribution is 2.63. The van der Waals surface area contributed by atoms with E-state index in [0.717, 1.165) is 30.4 Å². The summed E-state index contributed by atoms with van der Waals surface area (Å²) in [6, 6.07) is 14.4. The van der Waals surface area contributed by atoms with Crippen LogP contribution in [0.2, 0.25) is 0 Å². The van der Waals surface area contributed by atoms with Crippen molar-refractivity contribution in [3.05, 3.63) is 69.8 Å². The van der Waals surface area contributed by atoms with Crippen LogP contribution >= 0.6 is 11.6 Å². The van der Waals surface area contributed by atoms with Crippen molar-refractivity contribution in [3.63, 3.8) is 0 Å². The minimum absolute atomic E-state index is 0.00342. The smallest absolute Gasteiger partial charge is 0.426 e. The molecule has 0 N–H and O–H groups in total. The van der Waals surface area contributed by atoms with E-state index in [9.17, 15) is 18.0 Å². The van der Waals surface area contributed by atoms with Crippen LogP contribution in [0.4, 0.5) is 13.2 Å². The molecule has 2 atom stereocenters. The van der Waals surface area contributed by atoms with Crippen LogP contribution < -0.4 is 0 Å². The summed E-state index contributed by atoms with van der Waals surface area (Å²) in [5.41, 5.74) is 5.17. The maximum absolute atomic E-state index is 13.0. The maximum Gasteiger partial charge on any atom is 0.426 e. The fourth-order valence-electron chi connectivity index (χ4n) is 5.26. The lowest BCUT2D eigenvalue weighted by atomic mass is 9.93. The molecule has 0 amide bonds. The number of aryl methyl sites for hydroxylation is 1. The van der Waals surface area contributed by atoms with Gasteiger partial charge in [-0.05, 0) is 65.0 Å². The lowest BCUT2D eigenvalue weighted by Crippen LogP contribution is -2.13. The Morgan fingerprint density at radius 1 is 1.06 bits per heavy atom. The Bertz CT molecular complexity index is 1080. The Kier molecular flexibility index (Phi) is 5.91. The van der Waals surface area contributed by atoms with Crippen molar-refractivity contribution < 1.29 is 22.7 Å². The fourth-order valence-corrected chi connectivity index (χ4v) is 5.38. The molecule has 4 rings (SSSR count). The predicted molar refractivity (Wildman–Crippen MR) is 119 cm³/mol. The summed E-state index contributed by atoms with van der Waals surface area (Å²) in [6.45, 7) is 5.02. The summed E-state index contributed by atoms with van der Waals surface area (Å²) < 4.78 is 44.7. The highest BCUT2D eigenvalue weighted by molar-refractivity contribution is 6.30. The third-order valence-corrected chi connectivity index (χ3v) is 7.48. The first-order valence-corrected chi connectivity index (χ1v) is 11.2. The SMILES string of the molecule is CC(=C(Cl)C(F)(F)F)[C@@H]1[C@H](C(=O)OCc2cccc3c2CCCc2ccccc2-3)C1(C)C. The Labute approximate surface area is 191 Å². The molecule has 2 aromatic rings. The predicted octanol–water partition coefficient (Wildman–Crippen LogP) is 7.23. The van der Waals surface area contributed by atoms with Gasteiger partial charge in [-0.1, -0.05) is 67.9 Å². The van der Waals surface area contributed by atoms with Crippen LogP contribution in [0.3, 0.4) is 0 Å². The van der Waals surface area contributed by atoms with E-state index in [2.05, 4.69) is 18.2 Å². The summed E-state index contributed by atoms with van der Waals surface area (Å²) in [7, 11) is 0. The van der Waals surface area contributed by atoms with Gasteiger partial charge in [-0.15, -0.1) is 0 Å². The zero-order valence-electron chi connectivity index (χ0n) is 18.4. The number of carbonyl (C=O) groups excluding carboxylic acids is 1. The molecule has 0 bridgehead atoms. The monoisotopic (exact) mass is 462 g/mol. The van der Waals surface area contributed by atoms with Crippen molar-refractivity contribution in [1.29, 1.82) is 0 Å². The summed E-state index contributed by atoms with van der Waals surface area (Å²) >= 11 is 5.55. The molecule has 0 aliphatic heterocycles. The normalized spacial score (nSPS) is 22.2. The molecular weight excluding hydrogens is 437 g/mol. The molecule has 0 heterocycles. The third-order valence-electron chi connectivity index (χ3n) is 6.97. The van der Waals surface area contributed by atoms with Gasteiger partial charge in [-0.2, -0.15) is 13.2 Å². The molecule has 2 nitrogen and oxygen atoms in total. The van der Waals surface area contributed by atoms with Gasteiger partial charge in [0.2, 0.25) is 0 Å². The second kappa shape index (κ2) is 8.26. The van der Waals surface area contributed by atoms with Gasteiger partial charge in [0.15, 0.2) is 0 Å². The lowest BCUT2D eigenvalue weighted by Gasteiger charge is -2.14. The number of fused-ring (bicyclic) bond motifs is 3. The number of esters is 1. The van der Waals surface area contributed by atoms with Crippen LogP contribution in [0, 0.1) is 17.3 Å². The molecule has 0 unspecified atom stereocenters. The number of ether oxygens (including phenoxy) is 1. The first kappa shape index (κ1) is 22.9. The van der Waals surface area contributed by atoms with Gasteiger partial charge in [-0.3, -0.25) is 4.79 Å². The van der Waals surface area contributed by atoms with Crippen LogP contribution in [-0.2, 0) is 29.0 Å². The number of alkyl halides is 3. The molecule has 6 heteroatoms. The topological polar surface area (TPSA) is 26.3 Å². The summed E-state index contributed by atoms with van der Waals surface area (Å²) in [6.07, 6.45) is -1.73. The third kappa shape index (κ3) is 4.07. The van der Waals surface area contributed by atoms with Crippen molar-refractivity contribution in [2.24, 2.45) is 17.3 Å². The van der Waals surface area contributed by atoms with Crippen molar-refractivity contribution in [2.75, 3.05) is 0 Å². The lowest BCUT2D eigenvalue weighted by molar-refractivity contribution is -0.147. The molecule has 2 aromatic carbocycles. The number of hydrogen-bond acceptors (Lipinski definition) is 2. The quantitative estimate of drug-likeness (QED) is 0.448. The van der Waals surface area contributed by atoms with Crippen LogP contribution in [0.5, 0.6) is 0 Å². The Hall–Kier alpha value is -2.27. The maximum atomic E-state index is 13.0. The van der Waals surface area contributed by atoms with E-state index in [-0.39, 0.29) is 12.2 Å². The van der Waals surface area contributed by atoms with Gasteiger partial charge in [0.1, 0.15) is 11.6 Å². The molecule has 0 aromatic heterocycles.